The van der Waals surface area contributed by atoms with E-state index in [0.29, 0.717) is 18.8 Å². The fourth-order valence-corrected chi connectivity index (χ4v) is 2.54. The number of alkyl halides is 2. The molecule has 142 valence electrons. The second kappa shape index (κ2) is 9.00. The lowest BCUT2D eigenvalue weighted by Crippen LogP contribution is -2.32. The Bertz CT molecular complexity index is 782. The van der Waals surface area contributed by atoms with Crippen molar-refractivity contribution in [2.24, 2.45) is 0 Å². The van der Waals surface area contributed by atoms with E-state index in [2.05, 4.69) is 10.1 Å². The average molecular weight is 376 g/mol. The van der Waals surface area contributed by atoms with Gasteiger partial charge in [-0.2, -0.15) is 8.78 Å². The molecule has 0 fully saturated rings. The Morgan fingerprint density at radius 1 is 1.00 bits per heavy atom. The molecule has 0 spiro atoms. The lowest BCUT2D eigenvalue weighted by Gasteiger charge is -2.19. The monoisotopic (exact) mass is 376 g/mol. The van der Waals surface area contributed by atoms with Gasteiger partial charge in [0.15, 0.2) is 0 Å². The van der Waals surface area contributed by atoms with Crippen molar-refractivity contribution < 1.29 is 27.1 Å². The molecule has 2 heterocycles. The summed E-state index contributed by atoms with van der Waals surface area (Å²) in [6.07, 6.45) is 3.15. The van der Waals surface area contributed by atoms with E-state index in [0.717, 1.165) is 11.5 Å². The minimum Gasteiger partial charge on any atom is -0.468 e. The van der Waals surface area contributed by atoms with E-state index in [1.807, 2.05) is 17.0 Å². The maximum Gasteiger partial charge on any atom is 0.387 e. The molecule has 27 heavy (non-hydrogen) atoms. The summed E-state index contributed by atoms with van der Waals surface area (Å²) in [7, 11) is 0. The zero-order chi connectivity index (χ0) is 19.1. The van der Waals surface area contributed by atoms with Crippen molar-refractivity contribution in [2.75, 3.05) is 11.9 Å². The molecule has 0 saturated heterocycles. The van der Waals surface area contributed by atoms with Gasteiger partial charge in [0, 0.05) is 5.69 Å². The normalized spacial score (nSPS) is 11.1. The Balaban J connectivity index is 1.59. The number of hydrogen-bond acceptors (Lipinski definition) is 5. The van der Waals surface area contributed by atoms with Gasteiger partial charge in [-0.25, -0.2) is 0 Å². The van der Waals surface area contributed by atoms with Crippen molar-refractivity contribution in [1.29, 1.82) is 0 Å². The first-order chi connectivity index (χ1) is 13.1. The van der Waals surface area contributed by atoms with Crippen LogP contribution >= 0.6 is 0 Å². The molecule has 3 rings (SSSR count). The fraction of sp³-hybridized carbons (Fsp3) is 0.211. The summed E-state index contributed by atoms with van der Waals surface area (Å²) in [5.74, 6) is 1.22. The number of anilines is 1. The summed E-state index contributed by atoms with van der Waals surface area (Å²) < 4.78 is 39.3. The molecule has 1 amide bonds. The maximum atomic E-state index is 12.4. The first-order valence-corrected chi connectivity index (χ1v) is 8.20. The quantitative estimate of drug-likeness (QED) is 0.609. The Kier molecular flexibility index (Phi) is 6.22. The van der Waals surface area contributed by atoms with Crippen LogP contribution in [0.2, 0.25) is 0 Å². The smallest absolute Gasteiger partial charge is 0.387 e. The Labute approximate surface area is 154 Å². The van der Waals surface area contributed by atoms with Crippen LogP contribution in [-0.2, 0) is 17.9 Å². The van der Waals surface area contributed by atoms with Crippen LogP contribution in [0.25, 0.3) is 0 Å². The van der Waals surface area contributed by atoms with Crippen molar-refractivity contribution in [1.82, 2.24) is 4.90 Å². The Morgan fingerprint density at radius 2 is 1.59 bits per heavy atom. The lowest BCUT2D eigenvalue weighted by atomic mass is 10.3. The van der Waals surface area contributed by atoms with Gasteiger partial charge in [-0.1, -0.05) is 0 Å². The van der Waals surface area contributed by atoms with Crippen LogP contribution in [0.1, 0.15) is 11.5 Å². The van der Waals surface area contributed by atoms with Crippen molar-refractivity contribution in [3.63, 3.8) is 0 Å². The van der Waals surface area contributed by atoms with Gasteiger partial charge < -0.3 is 18.9 Å². The summed E-state index contributed by atoms with van der Waals surface area (Å²) in [5, 5.41) is 2.73. The highest BCUT2D eigenvalue weighted by atomic mass is 19.3. The summed E-state index contributed by atoms with van der Waals surface area (Å²) in [6, 6.07) is 12.9. The molecule has 6 nitrogen and oxygen atoms in total. The number of halogens is 2. The van der Waals surface area contributed by atoms with E-state index in [4.69, 9.17) is 8.83 Å². The molecule has 0 unspecified atom stereocenters. The molecule has 0 radical (unpaired) electrons. The Hall–Kier alpha value is -3.13. The van der Waals surface area contributed by atoms with E-state index < -0.39 is 6.61 Å². The lowest BCUT2D eigenvalue weighted by molar-refractivity contribution is -0.117. The number of furan rings is 2. The molecule has 0 aliphatic heterocycles. The van der Waals surface area contributed by atoms with E-state index in [1.165, 1.54) is 24.3 Å². The highest BCUT2D eigenvalue weighted by molar-refractivity contribution is 5.92. The molecule has 8 heteroatoms. The van der Waals surface area contributed by atoms with Crippen LogP contribution in [-0.4, -0.2) is 24.0 Å². The number of benzene rings is 1. The predicted octanol–water partition coefficient (Wildman–Crippen LogP) is 4.11. The second-order valence-corrected chi connectivity index (χ2v) is 5.75. The van der Waals surface area contributed by atoms with Crippen molar-refractivity contribution in [3.8, 4) is 5.75 Å². The summed E-state index contributed by atoms with van der Waals surface area (Å²) in [4.78, 5) is 14.2. The number of hydrogen-bond donors (Lipinski definition) is 1. The summed E-state index contributed by atoms with van der Waals surface area (Å²) in [6.45, 7) is -1.93. The van der Waals surface area contributed by atoms with Crippen LogP contribution < -0.4 is 10.1 Å². The molecular formula is C19H18F2N2O4. The molecule has 0 bridgehead atoms. The number of carbonyl (C=O) groups excluding carboxylic acids is 1. The van der Waals surface area contributed by atoms with Crippen LogP contribution in [0.15, 0.2) is 69.9 Å². The van der Waals surface area contributed by atoms with Gasteiger partial charge in [0.1, 0.15) is 17.3 Å². The highest BCUT2D eigenvalue weighted by Gasteiger charge is 2.15. The van der Waals surface area contributed by atoms with Crippen LogP contribution in [0.5, 0.6) is 5.75 Å². The molecule has 0 atom stereocenters. The van der Waals surface area contributed by atoms with Crippen molar-refractivity contribution in [2.45, 2.75) is 19.7 Å². The van der Waals surface area contributed by atoms with Crippen molar-refractivity contribution >= 4 is 11.6 Å². The zero-order valence-electron chi connectivity index (χ0n) is 14.3. The molecule has 3 aromatic rings. The number of amides is 1. The molecule has 1 aromatic carbocycles. The number of rotatable bonds is 9. The van der Waals surface area contributed by atoms with Gasteiger partial charge in [0.2, 0.25) is 5.91 Å². The highest BCUT2D eigenvalue weighted by Crippen LogP contribution is 2.18. The molecule has 0 aliphatic rings. The van der Waals surface area contributed by atoms with Gasteiger partial charge in [-0.15, -0.1) is 0 Å². The minimum absolute atomic E-state index is 0.0280. The maximum absolute atomic E-state index is 12.4. The van der Waals surface area contributed by atoms with Gasteiger partial charge in [-0.3, -0.25) is 9.69 Å². The van der Waals surface area contributed by atoms with Gasteiger partial charge in [0.25, 0.3) is 0 Å². The standard InChI is InChI=1S/C19H18F2N2O4/c20-19(21)27-15-7-5-14(6-8-15)22-18(24)13-23(11-16-3-1-9-25-16)12-17-4-2-10-26-17/h1-10,19H,11-13H2,(H,22,24). The van der Waals surface area contributed by atoms with Gasteiger partial charge in [0.05, 0.1) is 32.2 Å². The Morgan fingerprint density at radius 3 is 2.07 bits per heavy atom. The molecule has 0 aliphatic carbocycles. The fourth-order valence-electron chi connectivity index (χ4n) is 2.54. The predicted molar refractivity (Wildman–Crippen MR) is 93.2 cm³/mol. The number of carbonyl (C=O) groups is 1. The van der Waals surface area contributed by atoms with Crippen LogP contribution in [0, 0.1) is 0 Å². The third-order valence-corrected chi connectivity index (χ3v) is 3.65. The molecule has 2 aromatic heterocycles. The number of ether oxygens (including phenoxy) is 1. The van der Waals surface area contributed by atoms with Gasteiger partial charge >= 0.3 is 6.61 Å². The molecular weight excluding hydrogens is 358 g/mol. The summed E-state index contributed by atoms with van der Waals surface area (Å²) >= 11 is 0. The SMILES string of the molecule is O=C(CN(Cc1ccco1)Cc1ccco1)Nc1ccc(OC(F)F)cc1. The van der Waals surface area contributed by atoms with Crippen molar-refractivity contribution in [3.05, 3.63) is 72.6 Å². The van der Waals surface area contributed by atoms with E-state index in [-0.39, 0.29) is 18.2 Å². The second-order valence-electron chi connectivity index (χ2n) is 5.75. The van der Waals surface area contributed by atoms with E-state index in [9.17, 15) is 13.6 Å². The van der Waals surface area contributed by atoms with Crippen LogP contribution in [0.4, 0.5) is 14.5 Å². The first-order valence-electron chi connectivity index (χ1n) is 8.20. The first kappa shape index (κ1) is 18.7. The zero-order valence-corrected chi connectivity index (χ0v) is 14.3. The third-order valence-electron chi connectivity index (χ3n) is 3.65. The van der Waals surface area contributed by atoms with E-state index in [1.54, 1.807) is 24.7 Å². The van der Waals surface area contributed by atoms with Gasteiger partial charge in [-0.05, 0) is 48.5 Å². The summed E-state index contributed by atoms with van der Waals surface area (Å²) in [5.41, 5.74) is 0.484. The minimum atomic E-state index is -2.89. The average Bonchev–Trinajstić information content (AvgIpc) is 3.30. The third kappa shape index (κ3) is 5.96. The number of nitrogens with zero attached hydrogens (tertiary/aromatic N) is 1. The molecule has 0 saturated carbocycles. The number of nitrogens with one attached hydrogen (secondary N) is 1. The topological polar surface area (TPSA) is 67.9 Å². The van der Waals surface area contributed by atoms with Crippen LogP contribution in [0.3, 0.4) is 0 Å². The molecule has 1 N–H and O–H groups in total. The largest absolute Gasteiger partial charge is 0.468 e. The van der Waals surface area contributed by atoms with E-state index >= 15 is 0 Å².